The third-order valence-corrected chi connectivity index (χ3v) is 2.85. The van der Waals surface area contributed by atoms with Crippen LogP contribution >= 0.6 is 0 Å². The van der Waals surface area contributed by atoms with Crippen LogP contribution in [0.25, 0.3) is 0 Å². The van der Waals surface area contributed by atoms with Gasteiger partial charge in [-0.05, 0) is 32.4 Å². The molecule has 1 aromatic heterocycles. The van der Waals surface area contributed by atoms with Crippen LogP contribution in [0.15, 0.2) is 22.7 Å². The van der Waals surface area contributed by atoms with Crippen molar-refractivity contribution in [2.45, 2.75) is 33.2 Å². The molecule has 1 atom stereocenters. The summed E-state index contributed by atoms with van der Waals surface area (Å²) in [6, 6.07) is 5.12. The van der Waals surface area contributed by atoms with Gasteiger partial charge in [0.2, 0.25) is 5.89 Å². The number of nitrogens with one attached hydrogen (secondary N) is 1. The number of aryl methyl sites for hydroxylation is 2. The number of halogens is 2. The van der Waals surface area contributed by atoms with E-state index in [-0.39, 0.29) is 6.04 Å². The van der Waals surface area contributed by atoms with Crippen molar-refractivity contribution in [3.63, 3.8) is 0 Å². The lowest BCUT2D eigenvalue weighted by Crippen LogP contribution is -2.09. The Balaban J connectivity index is 2.07. The molecule has 0 saturated heterocycles. The zero-order valence-corrected chi connectivity index (χ0v) is 12.1. The van der Waals surface area contributed by atoms with Crippen LogP contribution in [-0.2, 0) is 0 Å². The topological polar surface area (TPSA) is 60.2 Å². The summed E-state index contributed by atoms with van der Waals surface area (Å²) in [5.74, 6) is 1.45. The quantitative estimate of drug-likeness (QED) is 0.884. The lowest BCUT2D eigenvalue weighted by molar-refractivity contribution is 0.0816. The Morgan fingerprint density at radius 2 is 2.10 bits per heavy atom. The molecule has 5 nitrogen and oxygen atoms in total. The van der Waals surface area contributed by atoms with E-state index in [1.165, 1.54) is 0 Å². The van der Waals surface area contributed by atoms with E-state index >= 15 is 0 Å². The summed E-state index contributed by atoms with van der Waals surface area (Å²) in [5.41, 5.74) is 1.52. The summed E-state index contributed by atoms with van der Waals surface area (Å²) in [6.45, 7) is 4.78. The third kappa shape index (κ3) is 4.14. The van der Waals surface area contributed by atoms with Crippen molar-refractivity contribution in [3.8, 4) is 5.75 Å². The van der Waals surface area contributed by atoms with Crippen LogP contribution in [0.2, 0.25) is 0 Å². The van der Waals surface area contributed by atoms with Gasteiger partial charge in [-0.2, -0.15) is 4.98 Å². The molecule has 0 bridgehead atoms. The number of hydrogen-bond donors (Lipinski definition) is 1. The van der Waals surface area contributed by atoms with Gasteiger partial charge in [0, 0.05) is 11.8 Å². The molecule has 1 heterocycles. The molecule has 2 aromatic rings. The molecule has 1 aromatic carbocycles. The molecule has 1 N–H and O–H groups in total. The first-order valence-corrected chi connectivity index (χ1v) is 6.54. The molecule has 2 rings (SSSR count). The number of anilines is 1. The molecule has 0 aliphatic carbocycles. The fourth-order valence-corrected chi connectivity index (χ4v) is 1.80. The van der Waals surface area contributed by atoms with Crippen LogP contribution in [0.5, 0.6) is 5.75 Å². The first kappa shape index (κ1) is 15.2. The van der Waals surface area contributed by atoms with E-state index in [0.29, 0.717) is 17.5 Å². The Kier molecular flexibility index (Phi) is 4.72. The molecule has 0 aliphatic heterocycles. The number of ether oxygens (including phenoxy) is 1. The summed E-state index contributed by atoms with van der Waals surface area (Å²) in [7, 11) is 0. The molecule has 114 valence electrons. The first-order chi connectivity index (χ1) is 9.95. The molecule has 0 spiro atoms. The van der Waals surface area contributed by atoms with Gasteiger partial charge < -0.3 is 14.6 Å². The van der Waals surface area contributed by atoms with Gasteiger partial charge in [0.25, 0.3) is 6.43 Å². The van der Waals surface area contributed by atoms with Crippen LogP contribution in [0.1, 0.15) is 30.2 Å². The van der Waals surface area contributed by atoms with Crippen molar-refractivity contribution < 1.29 is 18.0 Å². The van der Waals surface area contributed by atoms with Gasteiger partial charge in [-0.25, -0.2) is 8.78 Å². The van der Waals surface area contributed by atoms with Crippen molar-refractivity contribution in [2.24, 2.45) is 0 Å². The van der Waals surface area contributed by atoms with E-state index in [1.807, 2.05) is 13.0 Å². The van der Waals surface area contributed by atoms with Gasteiger partial charge >= 0.3 is 0 Å². The van der Waals surface area contributed by atoms with E-state index in [0.717, 1.165) is 11.3 Å². The van der Waals surface area contributed by atoms with Crippen LogP contribution in [0.4, 0.5) is 14.5 Å². The lowest BCUT2D eigenvalue weighted by atomic mass is 10.2. The van der Waals surface area contributed by atoms with Crippen LogP contribution in [0, 0.1) is 13.8 Å². The summed E-state index contributed by atoms with van der Waals surface area (Å²) < 4.78 is 34.6. The maximum Gasteiger partial charge on any atom is 0.272 e. The fourth-order valence-electron chi connectivity index (χ4n) is 1.80. The number of benzene rings is 1. The fraction of sp³-hybridized carbons (Fsp3) is 0.429. The van der Waals surface area contributed by atoms with E-state index in [9.17, 15) is 8.78 Å². The van der Waals surface area contributed by atoms with Crippen molar-refractivity contribution in [1.29, 1.82) is 0 Å². The molecule has 0 aliphatic rings. The monoisotopic (exact) mass is 297 g/mol. The minimum Gasteiger partial charge on any atom is -0.487 e. The Morgan fingerprint density at radius 3 is 2.71 bits per heavy atom. The predicted octanol–water partition coefficient (Wildman–Crippen LogP) is 3.50. The van der Waals surface area contributed by atoms with Gasteiger partial charge in [0.15, 0.2) is 5.82 Å². The largest absolute Gasteiger partial charge is 0.487 e. The number of nitrogens with zero attached hydrogens (tertiary/aromatic N) is 2. The van der Waals surface area contributed by atoms with Crippen molar-refractivity contribution in [1.82, 2.24) is 10.1 Å². The Hall–Kier alpha value is -2.18. The smallest absolute Gasteiger partial charge is 0.272 e. The van der Waals surface area contributed by atoms with Gasteiger partial charge in [-0.15, -0.1) is 0 Å². The second-order valence-corrected chi connectivity index (χ2v) is 4.73. The number of alkyl halides is 2. The van der Waals surface area contributed by atoms with E-state index in [2.05, 4.69) is 15.5 Å². The third-order valence-electron chi connectivity index (χ3n) is 2.85. The summed E-state index contributed by atoms with van der Waals surface area (Å²) in [6.07, 6.45) is -2.50. The van der Waals surface area contributed by atoms with Crippen molar-refractivity contribution in [2.75, 3.05) is 11.9 Å². The highest BCUT2D eigenvalue weighted by atomic mass is 19.3. The highest BCUT2D eigenvalue weighted by Crippen LogP contribution is 2.25. The second kappa shape index (κ2) is 6.51. The maximum absolute atomic E-state index is 12.2. The Labute approximate surface area is 121 Å². The van der Waals surface area contributed by atoms with Crippen LogP contribution in [0.3, 0.4) is 0 Å². The number of hydrogen-bond acceptors (Lipinski definition) is 5. The predicted molar refractivity (Wildman–Crippen MR) is 73.8 cm³/mol. The van der Waals surface area contributed by atoms with E-state index in [1.54, 1.807) is 26.0 Å². The molecular formula is C14H17F2N3O2. The molecule has 0 saturated carbocycles. The summed E-state index contributed by atoms with van der Waals surface area (Å²) >= 11 is 0. The molecule has 0 radical (unpaired) electrons. The first-order valence-electron chi connectivity index (χ1n) is 6.54. The molecule has 0 unspecified atom stereocenters. The standard InChI is InChI=1S/C14H17F2N3O2/c1-8-4-5-11(6-12(8)20-7-13(15)16)17-9(2)14-18-10(3)19-21-14/h4-6,9,13,17H,7H2,1-3H3/t9-/m1/s1. The zero-order chi connectivity index (χ0) is 15.4. The molecular weight excluding hydrogens is 280 g/mol. The summed E-state index contributed by atoms with van der Waals surface area (Å²) in [5, 5.41) is 6.89. The van der Waals surface area contributed by atoms with Gasteiger partial charge in [-0.1, -0.05) is 11.2 Å². The van der Waals surface area contributed by atoms with Crippen LogP contribution in [-0.4, -0.2) is 23.2 Å². The molecule has 7 heteroatoms. The zero-order valence-electron chi connectivity index (χ0n) is 12.1. The van der Waals surface area contributed by atoms with Crippen molar-refractivity contribution >= 4 is 5.69 Å². The normalized spacial score (nSPS) is 12.5. The SMILES string of the molecule is Cc1noc([C@@H](C)Nc2ccc(C)c(OCC(F)F)c2)n1. The van der Waals surface area contributed by atoms with Crippen LogP contribution < -0.4 is 10.1 Å². The number of rotatable bonds is 6. The average Bonchev–Trinajstić information content (AvgIpc) is 2.86. The van der Waals surface area contributed by atoms with Crippen molar-refractivity contribution in [3.05, 3.63) is 35.5 Å². The molecule has 0 amide bonds. The van der Waals surface area contributed by atoms with E-state index < -0.39 is 13.0 Å². The van der Waals surface area contributed by atoms with Gasteiger partial charge in [-0.3, -0.25) is 0 Å². The minimum atomic E-state index is -2.50. The van der Waals surface area contributed by atoms with E-state index in [4.69, 9.17) is 9.26 Å². The van der Waals surface area contributed by atoms with Gasteiger partial charge in [0.05, 0.1) is 0 Å². The Morgan fingerprint density at radius 1 is 1.33 bits per heavy atom. The highest BCUT2D eigenvalue weighted by Gasteiger charge is 2.13. The second-order valence-electron chi connectivity index (χ2n) is 4.73. The molecule has 0 fully saturated rings. The summed E-state index contributed by atoms with van der Waals surface area (Å²) in [4.78, 5) is 4.14. The lowest BCUT2D eigenvalue weighted by Gasteiger charge is -2.14. The average molecular weight is 297 g/mol. The highest BCUT2D eigenvalue weighted by molar-refractivity contribution is 5.52. The Bertz CT molecular complexity index is 602. The maximum atomic E-state index is 12.2. The van der Waals surface area contributed by atoms with Gasteiger partial charge in [0.1, 0.15) is 18.4 Å². The minimum absolute atomic E-state index is 0.197. The molecule has 21 heavy (non-hydrogen) atoms. The number of aromatic nitrogens is 2.